The predicted octanol–water partition coefficient (Wildman–Crippen LogP) is 2.74. The van der Waals surface area contributed by atoms with Crippen LogP contribution in [0.2, 0.25) is 0 Å². The number of nitrogens with one attached hydrogen (secondary N) is 2. The van der Waals surface area contributed by atoms with Gasteiger partial charge < -0.3 is 10.6 Å². The van der Waals surface area contributed by atoms with Gasteiger partial charge in [-0.25, -0.2) is 0 Å². The number of rotatable bonds is 3. The van der Waals surface area contributed by atoms with Crippen LogP contribution in [0, 0.1) is 11.3 Å². The molecule has 1 unspecified atom stereocenters. The Balaban J connectivity index is 0.00000289. The average molecular weight is 277 g/mol. The molecule has 0 radical (unpaired) electrons. The minimum atomic E-state index is -0.118. The second-order valence-electron chi connectivity index (χ2n) is 7.15. The Hall–Kier alpha value is -0.280. The maximum Gasteiger partial charge on any atom is 0.224 e. The van der Waals surface area contributed by atoms with Crippen molar-refractivity contribution in [1.29, 1.82) is 0 Å². The van der Waals surface area contributed by atoms with Crippen molar-refractivity contribution in [3.8, 4) is 0 Å². The quantitative estimate of drug-likeness (QED) is 0.832. The van der Waals surface area contributed by atoms with Crippen LogP contribution in [0.5, 0.6) is 0 Å². The highest BCUT2D eigenvalue weighted by Gasteiger charge is 2.30. The van der Waals surface area contributed by atoms with E-state index in [2.05, 4.69) is 45.3 Å². The molecule has 1 fully saturated rings. The Morgan fingerprint density at radius 1 is 1.28 bits per heavy atom. The highest BCUT2D eigenvalue weighted by atomic mass is 35.5. The summed E-state index contributed by atoms with van der Waals surface area (Å²) in [6.07, 6.45) is 3.12. The van der Waals surface area contributed by atoms with Crippen molar-refractivity contribution >= 4 is 18.3 Å². The number of amides is 1. The zero-order valence-electron chi connectivity index (χ0n) is 12.4. The zero-order chi connectivity index (χ0) is 13.1. The molecule has 1 aliphatic rings. The van der Waals surface area contributed by atoms with Gasteiger partial charge in [0.25, 0.3) is 0 Å². The van der Waals surface area contributed by atoms with E-state index < -0.39 is 0 Å². The van der Waals surface area contributed by atoms with Crippen molar-refractivity contribution in [1.82, 2.24) is 10.6 Å². The minimum Gasteiger partial charge on any atom is -0.351 e. The third-order valence-electron chi connectivity index (χ3n) is 3.10. The summed E-state index contributed by atoms with van der Waals surface area (Å²) in [4.78, 5) is 12.1. The summed E-state index contributed by atoms with van der Waals surface area (Å²) in [5.41, 5.74) is 0.119. The van der Waals surface area contributed by atoms with Gasteiger partial charge in [0.15, 0.2) is 0 Å². The number of carbonyl (C=O) groups excluding carboxylic acids is 1. The lowest BCUT2D eigenvalue weighted by atomic mass is 9.81. The summed E-state index contributed by atoms with van der Waals surface area (Å²) >= 11 is 0. The summed E-state index contributed by atoms with van der Waals surface area (Å²) in [5.74, 6) is 0.370. The topological polar surface area (TPSA) is 41.1 Å². The average Bonchev–Trinajstić information content (AvgIpc) is 2.14. The van der Waals surface area contributed by atoms with E-state index in [0.717, 1.165) is 32.4 Å². The first-order valence-corrected chi connectivity index (χ1v) is 6.72. The molecule has 3 nitrogen and oxygen atoms in total. The fourth-order valence-corrected chi connectivity index (χ4v) is 2.88. The van der Waals surface area contributed by atoms with Gasteiger partial charge in [-0.2, -0.15) is 0 Å². The standard InChI is InChI=1S/C14H28N2O.ClH/c1-13(2,3)10-14(4,5)16-12(17)11-7-6-8-15-9-11;/h11,15H,6-10H2,1-5H3,(H,16,17);1H. The van der Waals surface area contributed by atoms with Crippen molar-refractivity contribution in [3.63, 3.8) is 0 Å². The van der Waals surface area contributed by atoms with Gasteiger partial charge in [0.1, 0.15) is 0 Å². The molecule has 0 spiro atoms. The third kappa shape index (κ3) is 6.60. The first kappa shape index (κ1) is 17.7. The van der Waals surface area contributed by atoms with Crippen LogP contribution in [0.1, 0.15) is 53.9 Å². The van der Waals surface area contributed by atoms with Crippen LogP contribution < -0.4 is 10.6 Å². The van der Waals surface area contributed by atoms with E-state index in [-0.39, 0.29) is 35.2 Å². The first-order chi connectivity index (χ1) is 7.70. The molecule has 1 saturated heterocycles. The monoisotopic (exact) mass is 276 g/mol. The van der Waals surface area contributed by atoms with E-state index >= 15 is 0 Å². The molecule has 0 aromatic carbocycles. The van der Waals surface area contributed by atoms with E-state index in [0.29, 0.717) is 0 Å². The highest BCUT2D eigenvalue weighted by molar-refractivity contribution is 5.85. The van der Waals surface area contributed by atoms with Crippen LogP contribution in [0.4, 0.5) is 0 Å². The summed E-state index contributed by atoms with van der Waals surface area (Å²) in [7, 11) is 0. The second kappa shape index (κ2) is 6.76. The Morgan fingerprint density at radius 2 is 1.89 bits per heavy atom. The molecule has 0 aromatic heterocycles. The normalized spacial score (nSPS) is 21.1. The fourth-order valence-electron chi connectivity index (χ4n) is 2.88. The first-order valence-electron chi connectivity index (χ1n) is 6.72. The van der Waals surface area contributed by atoms with E-state index in [1.807, 2.05) is 0 Å². The predicted molar refractivity (Wildman–Crippen MR) is 79.1 cm³/mol. The van der Waals surface area contributed by atoms with Gasteiger partial charge >= 0.3 is 0 Å². The fraction of sp³-hybridized carbons (Fsp3) is 0.929. The largest absolute Gasteiger partial charge is 0.351 e. The smallest absolute Gasteiger partial charge is 0.224 e. The highest BCUT2D eigenvalue weighted by Crippen LogP contribution is 2.27. The van der Waals surface area contributed by atoms with Crippen molar-refractivity contribution in [2.45, 2.75) is 59.4 Å². The van der Waals surface area contributed by atoms with Gasteiger partial charge in [-0.05, 0) is 45.1 Å². The number of halogens is 1. The van der Waals surface area contributed by atoms with Crippen LogP contribution in [-0.4, -0.2) is 24.5 Å². The number of hydrogen-bond donors (Lipinski definition) is 2. The van der Waals surface area contributed by atoms with Gasteiger partial charge in [0.2, 0.25) is 5.91 Å². The summed E-state index contributed by atoms with van der Waals surface area (Å²) in [6.45, 7) is 12.8. The molecule has 1 atom stereocenters. The summed E-state index contributed by atoms with van der Waals surface area (Å²) in [6, 6.07) is 0. The lowest BCUT2D eigenvalue weighted by Crippen LogP contribution is -2.50. The summed E-state index contributed by atoms with van der Waals surface area (Å²) < 4.78 is 0. The number of hydrogen-bond acceptors (Lipinski definition) is 2. The maximum absolute atomic E-state index is 12.1. The van der Waals surface area contributed by atoms with E-state index in [4.69, 9.17) is 0 Å². The summed E-state index contributed by atoms with van der Waals surface area (Å²) in [5, 5.41) is 6.49. The van der Waals surface area contributed by atoms with Crippen molar-refractivity contribution in [2.24, 2.45) is 11.3 Å². The van der Waals surface area contributed by atoms with E-state index in [1.54, 1.807) is 0 Å². The van der Waals surface area contributed by atoms with Gasteiger partial charge in [0.05, 0.1) is 5.92 Å². The van der Waals surface area contributed by atoms with Crippen LogP contribution in [0.25, 0.3) is 0 Å². The molecule has 0 aromatic rings. The van der Waals surface area contributed by atoms with Crippen LogP contribution >= 0.6 is 12.4 Å². The van der Waals surface area contributed by atoms with Gasteiger partial charge in [0, 0.05) is 12.1 Å². The Bertz CT molecular complexity index is 265. The molecular weight excluding hydrogens is 248 g/mol. The SMILES string of the molecule is CC(C)(C)CC(C)(C)NC(=O)C1CCCNC1.Cl. The van der Waals surface area contributed by atoms with E-state index in [1.165, 1.54) is 0 Å². The van der Waals surface area contributed by atoms with Crippen LogP contribution in [0.15, 0.2) is 0 Å². The maximum atomic E-state index is 12.1. The minimum absolute atomic E-state index is 0. The van der Waals surface area contributed by atoms with Gasteiger partial charge in [-0.1, -0.05) is 20.8 Å². The third-order valence-corrected chi connectivity index (χ3v) is 3.10. The molecule has 1 heterocycles. The molecule has 108 valence electrons. The van der Waals surface area contributed by atoms with Gasteiger partial charge in [-0.15, -0.1) is 12.4 Å². The molecule has 0 saturated carbocycles. The molecule has 1 rings (SSSR count). The Morgan fingerprint density at radius 3 is 2.33 bits per heavy atom. The zero-order valence-corrected chi connectivity index (χ0v) is 13.2. The van der Waals surface area contributed by atoms with Crippen molar-refractivity contribution in [2.75, 3.05) is 13.1 Å². The van der Waals surface area contributed by atoms with Crippen LogP contribution in [-0.2, 0) is 4.79 Å². The van der Waals surface area contributed by atoms with Crippen molar-refractivity contribution < 1.29 is 4.79 Å². The molecular formula is C14H29ClN2O. The number of carbonyl (C=O) groups is 1. The second-order valence-corrected chi connectivity index (χ2v) is 7.15. The molecule has 1 amide bonds. The lowest BCUT2D eigenvalue weighted by molar-refractivity contribution is -0.127. The Kier molecular flexibility index (Phi) is 6.66. The van der Waals surface area contributed by atoms with E-state index in [9.17, 15) is 4.79 Å². The Labute approximate surface area is 118 Å². The lowest BCUT2D eigenvalue weighted by Gasteiger charge is -2.35. The van der Waals surface area contributed by atoms with Crippen molar-refractivity contribution in [3.05, 3.63) is 0 Å². The van der Waals surface area contributed by atoms with Crippen LogP contribution in [0.3, 0.4) is 0 Å². The molecule has 0 bridgehead atoms. The molecule has 18 heavy (non-hydrogen) atoms. The molecule has 1 aliphatic heterocycles. The molecule has 0 aliphatic carbocycles. The molecule has 2 N–H and O–H groups in total. The van der Waals surface area contributed by atoms with Gasteiger partial charge in [-0.3, -0.25) is 4.79 Å². The molecule has 4 heteroatoms. The number of piperidine rings is 1.